The highest BCUT2D eigenvalue weighted by Gasteiger charge is 2.08. The second kappa shape index (κ2) is 2.95. The molecule has 4 heteroatoms. The van der Waals surface area contributed by atoms with Crippen molar-refractivity contribution < 1.29 is 12.8 Å². The lowest BCUT2D eigenvalue weighted by Crippen LogP contribution is -1.95. The Balaban J connectivity index is 3.26. The van der Waals surface area contributed by atoms with Gasteiger partial charge in [-0.25, -0.2) is 12.8 Å². The molecule has 0 amide bonds. The predicted octanol–water partition coefficient (Wildman–Crippen LogP) is 1.19. The zero-order chi connectivity index (χ0) is 9.19. The van der Waals surface area contributed by atoms with Crippen molar-refractivity contribution in [3.8, 4) is 11.7 Å². The van der Waals surface area contributed by atoms with Gasteiger partial charge in [0.25, 0.3) is 0 Å². The summed E-state index contributed by atoms with van der Waals surface area (Å²) in [4.78, 5) is -0.0635. The van der Waals surface area contributed by atoms with Gasteiger partial charge in [-0.3, -0.25) is 0 Å². The second-order valence-corrected chi connectivity index (χ2v) is 3.79. The van der Waals surface area contributed by atoms with Crippen LogP contribution >= 0.6 is 0 Å². The van der Waals surface area contributed by atoms with Crippen LogP contribution in [0.25, 0.3) is 0 Å². The van der Waals surface area contributed by atoms with Crippen LogP contribution in [0.1, 0.15) is 0 Å². The number of hydrogen-bond acceptors (Lipinski definition) is 2. The van der Waals surface area contributed by atoms with Crippen LogP contribution in [0.15, 0.2) is 29.2 Å². The predicted molar refractivity (Wildman–Crippen MR) is 42.4 cm³/mol. The number of benzene rings is 1. The van der Waals surface area contributed by atoms with Crippen molar-refractivity contribution in [2.45, 2.75) is 4.90 Å². The van der Waals surface area contributed by atoms with Crippen LogP contribution < -0.4 is 0 Å². The Morgan fingerprint density at radius 1 is 1.25 bits per heavy atom. The molecular weight excluding hydrogens is 179 g/mol. The van der Waals surface area contributed by atoms with Gasteiger partial charge in [-0.2, -0.15) is 0 Å². The third-order valence-electron chi connectivity index (χ3n) is 1.28. The molecular formula is C8H5FO2S. The van der Waals surface area contributed by atoms with E-state index in [0.29, 0.717) is 0 Å². The zero-order valence-electron chi connectivity index (χ0n) is 5.99. The standard InChI is InChI=1S/C8H5FO2S/c1-2-12(10,11)8-5-3-7(9)4-6-8/h1,3-6H. The Morgan fingerprint density at radius 2 is 1.75 bits per heavy atom. The maximum absolute atomic E-state index is 12.3. The largest absolute Gasteiger partial charge is 0.244 e. The lowest BCUT2D eigenvalue weighted by atomic mass is 10.4. The van der Waals surface area contributed by atoms with Crippen molar-refractivity contribution in [1.29, 1.82) is 0 Å². The summed E-state index contributed by atoms with van der Waals surface area (Å²) in [5, 5.41) is 1.63. The van der Waals surface area contributed by atoms with E-state index in [1.807, 2.05) is 0 Å². The van der Waals surface area contributed by atoms with Crippen molar-refractivity contribution in [3.05, 3.63) is 30.1 Å². The number of sulfone groups is 1. The van der Waals surface area contributed by atoms with Crippen molar-refractivity contribution in [1.82, 2.24) is 0 Å². The molecule has 62 valence electrons. The molecule has 0 aliphatic rings. The molecule has 0 spiro atoms. The van der Waals surface area contributed by atoms with Crippen LogP contribution in [0, 0.1) is 17.5 Å². The van der Waals surface area contributed by atoms with E-state index in [0.717, 1.165) is 24.3 Å². The van der Waals surface area contributed by atoms with E-state index in [1.165, 1.54) is 0 Å². The third-order valence-corrected chi connectivity index (χ3v) is 2.48. The molecule has 0 unspecified atom stereocenters. The van der Waals surface area contributed by atoms with Gasteiger partial charge < -0.3 is 0 Å². The normalized spacial score (nSPS) is 10.7. The minimum absolute atomic E-state index is 0.0635. The van der Waals surface area contributed by atoms with Crippen LogP contribution in [0.3, 0.4) is 0 Å². The van der Waals surface area contributed by atoms with E-state index < -0.39 is 15.7 Å². The topological polar surface area (TPSA) is 34.1 Å². The van der Waals surface area contributed by atoms with Gasteiger partial charge in [0.05, 0.1) is 4.90 Å². The fraction of sp³-hybridized carbons (Fsp3) is 0. The Morgan fingerprint density at radius 3 is 2.17 bits per heavy atom. The number of hydrogen-bond donors (Lipinski definition) is 0. The Bertz CT molecular complexity index is 411. The van der Waals surface area contributed by atoms with Gasteiger partial charge in [0.1, 0.15) is 5.82 Å². The van der Waals surface area contributed by atoms with Gasteiger partial charge in [-0.05, 0) is 24.3 Å². The number of terminal acetylenes is 1. The summed E-state index contributed by atoms with van der Waals surface area (Å²) in [7, 11) is -3.65. The molecule has 0 bridgehead atoms. The molecule has 0 aliphatic heterocycles. The quantitative estimate of drug-likeness (QED) is 0.373. The van der Waals surface area contributed by atoms with E-state index >= 15 is 0 Å². The molecule has 2 nitrogen and oxygen atoms in total. The summed E-state index contributed by atoms with van der Waals surface area (Å²) in [6.45, 7) is 0. The fourth-order valence-electron chi connectivity index (χ4n) is 0.682. The zero-order valence-corrected chi connectivity index (χ0v) is 6.81. The lowest BCUT2D eigenvalue weighted by Gasteiger charge is -1.94. The van der Waals surface area contributed by atoms with Gasteiger partial charge in [0, 0.05) is 5.25 Å². The molecule has 0 saturated carbocycles. The summed E-state index contributed by atoms with van der Waals surface area (Å²) in [6, 6.07) is 4.35. The van der Waals surface area contributed by atoms with Crippen molar-refractivity contribution >= 4 is 9.84 Å². The highest BCUT2D eigenvalue weighted by atomic mass is 32.2. The minimum atomic E-state index is -3.65. The van der Waals surface area contributed by atoms with E-state index in [1.54, 1.807) is 5.25 Å². The first-order valence-corrected chi connectivity index (χ1v) is 4.52. The summed E-state index contributed by atoms with van der Waals surface area (Å²) in [5.41, 5.74) is 0. The molecule has 0 radical (unpaired) electrons. The molecule has 12 heavy (non-hydrogen) atoms. The van der Waals surface area contributed by atoms with E-state index in [4.69, 9.17) is 6.42 Å². The van der Waals surface area contributed by atoms with Crippen LogP contribution in [0.5, 0.6) is 0 Å². The summed E-state index contributed by atoms with van der Waals surface area (Å²) in [5.74, 6) is -0.494. The first-order chi connectivity index (χ1) is 5.56. The minimum Gasteiger partial charge on any atom is -0.210 e. The average Bonchev–Trinajstić information content (AvgIpc) is 2.05. The average molecular weight is 184 g/mol. The van der Waals surface area contributed by atoms with Gasteiger partial charge in [-0.1, -0.05) is 0 Å². The Labute approximate surface area is 70.0 Å². The second-order valence-electron chi connectivity index (χ2n) is 2.08. The summed E-state index contributed by atoms with van der Waals surface area (Å²) in [6.07, 6.45) is 4.74. The van der Waals surface area contributed by atoms with Gasteiger partial charge in [0.15, 0.2) is 0 Å². The molecule has 0 aromatic heterocycles. The first kappa shape index (κ1) is 8.75. The maximum Gasteiger partial charge on any atom is 0.244 e. The third kappa shape index (κ3) is 1.63. The van der Waals surface area contributed by atoms with Gasteiger partial charge in [0.2, 0.25) is 9.84 Å². The van der Waals surface area contributed by atoms with Crippen molar-refractivity contribution in [2.75, 3.05) is 0 Å². The van der Waals surface area contributed by atoms with Crippen molar-refractivity contribution in [3.63, 3.8) is 0 Å². The van der Waals surface area contributed by atoms with E-state index in [-0.39, 0.29) is 4.90 Å². The van der Waals surface area contributed by atoms with E-state index in [2.05, 4.69) is 0 Å². The van der Waals surface area contributed by atoms with Crippen LogP contribution in [-0.4, -0.2) is 8.42 Å². The Kier molecular flexibility index (Phi) is 2.15. The molecule has 0 saturated heterocycles. The monoisotopic (exact) mass is 184 g/mol. The van der Waals surface area contributed by atoms with Crippen LogP contribution in [0.2, 0.25) is 0 Å². The smallest absolute Gasteiger partial charge is 0.210 e. The molecule has 0 fully saturated rings. The molecule has 1 rings (SSSR count). The molecule has 0 N–H and O–H groups in total. The van der Waals surface area contributed by atoms with Crippen LogP contribution in [-0.2, 0) is 9.84 Å². The molecule has 1 aromatic rings. The number of halogens is 1. The SMILES string of the molecule is C#CS(=O)(=O)c1ccc(F)cc1. The first-order valence-electron chi connectivity index (χ1n) is 3.04. The highest BCUT2D eigenvalue weighted by Crippen LogP contribution is 2.09. The fourth-order valence-corrected chi connectivity index (χ4v) is 1.31. The molecule has 0 heterocycles. The molecule has 0 atom stereocenters. The van der Waals surface area contributed by atoms with Gasteiger partial charge >= 0.3 is 0 Å². The van der Waals surface area contributed by atoms with Crippen LogP contribution in [0.4, 0.5) is 4.39 Å². The highest BCUT2D eigenvalue weighted by molar-refractivity contribution is 7.96. The van der Waals surface area contributed by atoms with Gasteiger partial charge in [-0.15, -0.1) is 6.42 Å². The summed E-state index contributed by atoms with van der Waals surface area (Å²) < 4.78 is 34.2. The lowest BCUT2D eigenvalue weighted by molar-refractivity contribution is 0.604. The van der Waals surface area contributed by atoms with Crippen molar-refractivity contribution in [2.24, 2.45) is 0 Å². The molecule has 1 aromatic carbocycles. The Hall–Kier alpha value is -1.34. The van der Waals surface area contributed by atoms with E-state index in [9.17, 15) is 12.8 Å². The number of rotatable bonds is 1. The molecule has 0 aliphatic carbocycles. The maximum atomic E-state index is 12.3. The summed E-state index contributed by atoms with van der Waals surface area (Å²) >= 11 is 0.